The third-order valence-electron chi connectivity index (χ3n) is 4.91. The van der Waals surface area contributed by atoms with Crippen molar-refractivity contribution in [2.24, 2.45) is 0 Å². The van der Waals surface area contributed by atoms with Crippen LogP contribution in [0.15, 0.2) is 48.5 Å². The quantitative estimate of drug-likeness (QED) is 0.683. The number of benzene rings is 2. The van der Waals surface area contributed by atoms with Crippen LogP contribution in [0.2, 0.25) is 0 Å². The maximum atomic E-state index is 12.6. The first-order valence-electron chi connectivity index (χ1n) is 7.18. The van der Waals surface area contributed by atoms with Crippen molar-refractivity contribution in [1.29, 1.82) is 0 Å². The SMILES string of the molecule is Cc1ccccc1[C@H]1[C@H]([N+](=O)[O-])[C@]12C(=O)Nc1ccccc12. The standard InChI is InChI=1S/C17H14N2O3/c1-10-6-2-3-7-11(10)14-15(19(21)22)17(14)12-8-4-5-9-13(12)18-16(17)20/h2-9,14-15H,1H3,(H,18,20)/t14-,15-,17+/m0/s1. The van der Waals surface area contributed by atoms with E-state index in [1.165, 1.54) is 0 Å². The number of anilines is 1. The second-order valence-electron chi connectivity index (χ2n) is 5.93. The monoisotopic (exact) mass is 294 g/mol. The molecule has 1 aliphatic carbocycles. The molecular weight excluding hydrogens is 280 g/mol. The van der Waals surface area contributed by atoms with Crippen LogP contribution in [0.3, 0.4) is 0 Å². The van der Waals surface area contributed by atoms with Crippen LogP contribution in [0.4, 0.5) is 5.69 Å². The number of nitrogens with one attached hydrogen (secondary N) is 1. The van der Waals surface area contributed by atoms with Crippen molar-refractivity contribution in [3.8, 4) is 0 Å². The number of fused-ring (bicyclic) bond motifs is 2. The first-order valence-corrected chi connectivity index (χ1v) is 7.18. The highest BCUT2D eigenvalue weighted by atomic mass is 16.6. The molecule has 0 radical (unpaired) electrons. The summed E-state index contributed by atoms with van der Waals surface area (Å²) >= 11 is 0. The zero-order chi connectivity index (χ0) is 15.5. The zero-order valence-electron chi connectivity index (χ0n) is 11.9. The third-order valence-corrected chi connectivity index (χ3v) is 4.91. The Kier molecular flexibility index (Phi) is 2.46. The van der Waals surface area contributed by atoms with Gasteiger partial charge in [0.25, 0.3) is 0 Å². The van der Waals surface area contributed by atoms with Gasteiger partial charge in [-0.05, 0) is 29.7 Å². The van der Waals surface area contributed by atoms with Crippen LogP contribution in [0.1, 0.15) is 22.6 Å². The van der Waals surface area contributed by atoms with Crippen LogP contribution in [0.25, 0.3) is 0 Å². The molecule has 2 aromatic carbocycles. The predicted molar refractivity (Wildman–Crippen MR) is 81.5 cm³/mol. The van der Waals surface area contributed by atoms with E-state index >= 15 is 0 Å². The molecule has 1 saturated carbocycles. The Hall–Kier alpha value is -2.69. The second kappa shape index (κ2) is 4.16. The maximum absolute atomic E-state index is 12.6. The van der Waals surface area contributed by atoms with Crippen molar-refractivity contribution in [3.05, 3.63) is 75.3 Å². The lowest BCUT2D eigenvalue weighted by Crippen LogP contribution is -2.26. The molecule has 110 valence electrons. The highest BCUT2D eigenvalue weighted by Crippen LogP contribution is 2.66. The third kappa shape index (κ3) is 1.40. The number of nitro groups is 1. The van der Waals surface area contributed by atoms with Crippen LogP contribution >= 0.6 is 0 Å². The molecule has 1 spiro atoms. The normalized spacial score (nSPS) is 28.3. The highest BCUT2D eigenvalue weighted by molar-refractivity contribution is 6.10. The molecule has 2 aromatic rings. The molecular formula is C17H14N2O3. The Labute approximate surface area is 127 Å². The summed E-state index contributed by atoms with van der Waals surface area (Å²) in [7, 11) is 0. The first kappa shape index (κ1) is 13.0. The summed E-state index contributed by atoms with van der Waals surface area (Å²) in [5.74, 6) is -0.670. The molecule has 1 amide bonds. The molecule has 1 heterocycles. The van der Waals surface area contributed by atoms with Crippen LogP contribution in [-0.2, 0) is 10.2 Å². The number of para-hydroxylation sites is 1. The highest BCUT2D eigenvalue weighted by Gasteiger charge is 2.81. The summed E-state index contributed by atoms with van der Waals surface area (Å²) in [5, 5.41) is 14.4. The van der Waals surface area contributed by atoms with Crippen LogP contribution in [-0.4, -0.2) is 16.9 Å². The molecule has 22 heavy (non-hydrogen) atoms. The van der Waals surface area contributed by atoms with Gasteiger partial charge >= 0.3 is 0 Å². The molecule has 0 saturated heterocycles. The smallest absolute Gasteiger partial charge is 0.243 e. The lowest BCUT2D eigenvalue weighted by Gasteiger charge is -2.07. The number of aryl methyl sites for hydroxylation is 1. The Morgan fingerprint density at radius 3 is 2.55 bits per heavy atom. The second-order valence-corrected chi connectivity index (χ2v) is 5.93. The number of hydrogen-bond acceptors (Lipinski definition) is 3. The van der Waals surface area contributed by atoms with Gasteiger partial charge in [0.2, 0.25) is 11.9 Å². The molecule has 1 fully saturated rings. The largest absolute Gasteiger partial charge is 0.325 e. The molecule has 4 rings (SSSR count). The number of amides is 1. The van der Waals surface area contributed by atoms with Gasteiger partial charge in [0.1, 0.15) is 0 Å². The fraction of sp³-hybridized carbons (Fsp3) is 0.235. The van der Waals surface area contributed by atoms with Crippen molar-refractivity contribution in [3.63, 3.8) is 0 Å². The first-order chi connectivity index (χ1) is 10.6. The van der Waals surface area contributed by atoms with E-state index in [9.17, 15) is 14.9 Å². The summed E-state index contributed by atoms with van der Waals surface area (Å²) in [6.45, 7) is 1.93. The van der Waals surface area contributed by atoms with E-state index in [4.69, 9.17) is 0 Å². The molecule has 3 atom stereocenters. The van der Waals surface area contributed by atoms with E-state index in [-0.39, 0.29) is 10.8 Å². The Morgan fingerprint density at radius 2 is 1.82 bits per heavy atom. The van der Waals surface area contributed by atoms with Gasteiger partial charge in [-0.3, -0.25) is 14.9 Å². The summed E-state index contributed by atoms with van der Waals surface area (Å²) in [5.41, 5.74) is 2.24. The molecule has 1 aliphatic heterocycles. The van der Waals surface area contributed by atoms with Crippen molar-refractivity contribution in [2.75, 3.05) is 5.32 Å². The summed E-state index contributed by atoms with van der Waals surface area (Å²) in [6.07, 6.45) is 0. The van der Waals surface area contributed by atoms with Gasteiger partial charge in [-0.1, -0.05) is 42.5 Å². The van der Waals surface area contributed by atoms with Gasteiger partial charge in [0.05, 0.1) is 5.92 Å². The van der Waals surface area contributed by atoms with E-state index in [0.717, 1.165) is 16.7 Å². The molecule has 5 heteroatoms. The van der Waals surface area contributed by atoms with Crippen LogP contribution < -0.4 is 5.32 Å². The number of hydrogen-bond donors (Lipinski definition) is 1. The lowest BCUT2D eigenvalue weighted by molar-refractivity contribution is -0.499. The number of nitrogens with zero attached hydrogens (tertiary/aromatic N) is 1. The molecule has 5 nitrogen and oxygen atoms in total. The van der Waals surface area contributed by atoms with Crippen LogP contribution in [0.5, 0.6) is 0 Å². The average molecular weight is 294 g/mol. The van der Waals surface area contributed by atoms with Crippen molar-refractivity contribution >= 4 is 11.6 Å². The average Bonchev–Trinajstić information content (AvgIpc) is 3.10. The predicted octanol–water partition coefficient (Wildman–Crippen LogP) is 2.63. The van der Waals surface area contributed by atoms with Gasteiger partial charge in [-0.25, -0.2) is 0 Å². The van der Waals surface area contributed by atoms with E-state index in [0.29, 0.717) is 5.69 Å². The minimum absolute atomic E-state index is 0.261. The van der Waals surface area contributed by atoms with Gasteiger partial charge in [-0.15, -0.1) is 0 Å². The molecule has 0 bridgehead atoms. The Balaban J connectivity index is 1.93. The number of carbonyl (C=O) groups is 1. The number of carbonyl (C=O) groups excluding carboxylic acids is 1. The minimum atomic E-state index is -1.06. The molecule has 0 unspecified atom stereocenters. The topological polar surface area (TPSA) is 72.2 Å². The maximum Gasteiger partial charge on any atom is 0.243 e. The summed E-state index contributed by atoms with van der Waals surface area (Å²) in [4.78, 5) is 23.9. The molecule has 2 aliphatic rings. The van der Waals surface area contributed by atoms with Gasteiger partial charge in [-0.2, -0.15) is 0 Å². The Bertz CT molecular complexity index is 817. The van der Waals surface area contributed by atoms with Crippen molar-refractivity contribution in [2.45, 2.75) is 24.3 Å². The van der Waals surface area contributed by atoms with E-state index in [1.54, 1.807) is 6.07 Å². The van der Waals surface area contributed by atoms with Gasteiger partial charge in [0.15, 0.2) is 5.41 Å². The van der Waals surface area contributed by atoms with E-state index in [1.807, 2.05) is 49.4 Å². The lowest BCUT2D eigenvalue weighted by atomic mass is 9.90. The molecule has 0 aromatic heterocycles. The van der Waals surface area contributed by atoms with E-state index in [2.05, 4.69) is 5.32 Å². The van der Waals surface area contributed by atoms with Crippen LogP contribution in [0, 0.1) is 17.0 Å². The molecule has 1 N–H and O–H groups in total. The van der Waals surface area contributed by atoms with Gasteiger partial charge in [0, 0.05) is 10.6 Å². The van der Waals surface area contributed by atoms with Crippen molar-refractivity contribution in [1.82, 2.24) is 0 Å². The fourth-order valence-electron chi connectivity index (χ4n) is 3.91. The number of rotatable bonds is 2. The van der Waals surface area contributed by atoms with E-state index < -0.39 is 17.4 Å². The zero-order valence-corrected chi connectivity index (χ0v) is 11.9. The Morgan fingerprint density at radius 1 is 1.14 bits per heavy atom. The fourth-order valence-corrected chi connectivity index (χ4v) is 3.91. The minimum Gasteiger partial charge on any atom is -0.325 e. The summed E-state index contributed by atoms with van der Waals surface area (Å²) in [6, 6.07) is 13.9. The summed E-state index contributed by atoms with van der Waals surface area (Å²) < 4.78 is 0. The van der Waals surface area contributed by atoms with Gasteiger partial charge < -0.3 is 5.32 Å². The van der Waals surface area contributed by atoms with Crippen molar-refractivity contribution < 1.29 is 9.72 Å².